The molecular weight excluding hydrogens is 401 g/mol. The van der Waals surface area contributed by atoms with Crippen molar-refractivity contribution in [3.8, 4) is 5.88 Å². The molecule has 1 aromatic heterocycles. The number of aromatic nitrogens is 2. The van der Waals surface area contributed by atoms with Crippen molar-refractivity contribution >= 4 is 36.9 Å². The third kappa shape index (κ3) is 8.46. The van der Waals surface area contributed by atoms with Crippen LogP contribution in [0.25, 0.3) is 0 Å². The van der Waals surface area contributed by atoms with Crippen LogP contribution in [0.1, 0.15) is 27.2 Å². The van der Waals surface area contributed by atoms with E-state index in [1.54, 1.807) is 20.8 Å². The lowest BCUT2D eigenvalue weighted by molar-refractivity contribution is 0.0306. The van der Waals surface area contributed by atoms with E-state index >= 15 is 0 Å². The van der Waals surface area contributed by atoms with Gasteiger partial charge >= 0.3 is 7.82 Å². The number of methoxy groups -OCH3 is 1. The zero-order valence-electron chi connectivity index (χ0n) is 15.7. The number of nitrogens with zero attached hydrogens (tertiary/aromatic N) is 2. The van der Waals surface area contributed by atoms with Crippen LogP contribution in [-0.4, -0.2) is 52.9 Å². The van der Waals surface area contributed by atoms with Crippen LogP contribution in [0.5, 0.6) is 5.88 Å². The highest BCUT2D eigenvalue weighted by molar-refractivity contribution is 7.47. The Kier molecular flexibility index (Phi) is 9.51. The summed E-state index contributed by atoms with van der Waals surface area (Å²) in [6.45, 7) is 5.17. The second-order valence-electron chi connectivity index (χ2n) is 5.71. The first-order valence-electron chi connectivity index (χ1n) is 8.22. The van der Waals surface area contributed by atoms with Gasteiger partial charge in [0.05, 0.1) is 25.4 Å². The standard InChI is InChI=1S/C14H27ClN5O6P/c1-5-24-13-11(16)12(19-14(17)20-13)18-10(15)6-9(23-4)7-25-27(21,22)26-8(2)3/h8-10H,5-7,16H2,1-4H3,(H,21,22)(H3,17,18,19,20). The van der Waals surface area contributed by atoms with Gasteiger partial charge in [0.1, 0.15) is 11.2 Å². The van der Waals surface area contributed by atoms with Crippen molar-refractivity contribution in [1.29, 1.82) is 0 Å². The number of hydrogen-bond acceptors (Lipinski definition) is 10. The fourth-order valence-electron chi connectivity index (χ4n) is 1.97. The van der Waals surface area contributed by atoms with Gasteiger partial charge in [-0.05, 0) is 20.8 Å². The highest BCUT2D eigenvalue weighted by atomic mass is 35.5. The molecule has 0 aliphatic carbocycles. The maximum atomic E-state index is 11.7. The van der Waals surface area contributed by atoms with E-state index in [9.17, 15) is 9.46 Å². The molecule has 0 aromatic carbocycles. The summed E-state index contributed by atoms with van der Waals surface area (Å²) < 4.78 is 32.0. The van der Waals surface area contributed by atoms with Crippen LogP contribution in [0.15, 0.2) is 0 Å². The average Bonchev–Trinajstić information content (AvgIpc) is 2.54. The van der Waals surface area contributed by atoms with Crippen LogP contribution in [0.3, 0.4) is 0 Å². The molecule has 27 heavy (non-hydrogen) atoms. The van der Waals surface area contributed by atoms with Crippen molar-refractivity contribution in [1.82, 2.24) is 9.97 Å². The van der Waals surface area contributed by atoms with Crippen LogP contribution >= 0.6 is 19.4 Å². The second kappa shape index (κ2) is 10.8. The first kappa shape index (κ1) is 23.7. The lowest BCUT2D eigenvalue weighted by atomic mass is 10.2. The molecule has 1 heterocycles. The van der Waals surface area contributed by atoms with Crippen LogP contribution in [0.2, 0.25) is 0 Å². The number of rotatable bonds is 12. The molecular formula is C14H27ClN5O6P. The Morgan fingerprint density at radius 3 is 2.56 bits per heavy atom. The molecule has 0 amide bonds. The van der Waals surface area contributed by atoms with Gasteiger partial charge in [-0.25, -0.2) is 4.57 Å². The van der Waals surface area contributed by atoms with Gasteiger partial charge in [-0.2, -0.15) is 9.97 Å². The van der Waals surface area contributed by atoms with Gasteiger partial charge in [0.2, 0.25) is 11.8 Å². The molecule has 0 spiro atoms. The second-order valence-corrected chi connectivity index (χ2v) is 7.64. The molecule has 0 aliphatic rings. The maximum absolute atomic E-state index is 11.7. The lowest BCUT2D eigenvalue weighted by Crippen LogP contribution is -2.27. The quantitative estimate of drug-likeness (QED) is 0.219. The van der Waals surface area contributed by atoms with E-state index in [0.29, 0.717) is 6.61 Å². The van der Waals surface area contributed by atoms with Gasteiger partial charge in [-0.3, -0.25) is 9.05 Å². The Balaban J connectivity index is 2.69. The number of nitrogens with two attached hydrogens (primary N) is 2. The van der Waals surface area contributed by atoms with Crippen LogP contribution in [0, 0.1) is 0 Å². The molecule has 11 nitrogen and oxygen atoms in total. The van der Waals surface area contributed by atoms with Crippen molar-refractivity contribution in [3.63, 3.8) is 0 Å². The van der Waals surface area contributed by atoms with Crippen molar-refractivity contribution in [2.75, 3.05) is 37.1 Å². The predicted octanol–water partition coefficient (Wildman–Crippen LogP) is 1.96. The largest absolute Gasteiger partial charge is 0.476 e. The number of phosphoric ester groups is 1. The zero-order valence-corrected chi connectivity index (χ0v) is 17.4. The summed E-state index contributed by atoms with van der Waals surface area (Å²) in [7, 11) is -2.75. The van der Waals surface area contributed by atoms with Gasteiger partial charge in [-0.15, -0.1) is 0 Å². The summed E-state index contributed by atoms with van der Waals surface area (Å²) >= 11 is 6.27. The molecule has 13 heteroatoms. The first-order chi connectivity index (χ1) is 12.6. The minimum absolute atomic E-state index is 0.0299. The first-order valence-corrected chi connectivity index (χ1v) is 10.2. The smallest absolute Gasteiger partial charge is 0.472 e. The van der Waals surface area contributed by atoms with Gasteiger partial charge < -0.3 is 31.2 Å². The highest BCUT2D eigenvalue weighted by Crippen LogP contribution is 2.44. The van der Waals surface area contributed by atoms with E-state index in [2.05, 4.69) is 15.3 Å². The SMILES string of the molecule is CCOc1nc(N)nc(NC(Cl)CC(COP(=O)(O)OC(C)C)OC)c1N. The van der Waals surface area contributed by atoms with E-state index < -0.39 is 25.5 Å². The third-order valence-corrected chi connectivity index (χ3v) is 4.52. The van der Waals surface area contributed by atoms with Crippen molar-refractivity contribution < 1.29 is 28.0 Å². The van der Waals surface area contributed by atoms with E-state index in [4.69, 9.17) is 41.6 Å². The molecule has 3 atom stereocenters. The molecule has 1 rings (SSSR count). The monoisotopic (exact) mass is 427 g/mol. The van der Waals surface area contributed by atoms with E-state index in [-0.39, 0.29) is 36.4 Å². The van der Waals surface area contributed by atoms with Crippen LogP contribution in [0.4, 0.5) is 17.5 Å². The predicted molar refractivity (Wildman–Crippen MR) is 103 cm³/mol. The number of nitrogens with one attached hydrogen (secondary N) is 1. The Morgan fingerprint density at radius 1 is 1.33 bits per heavy atom. The molecule has 0 radical (unpaired) electrons. The van der Waals surface area contributed by atoms with Gasteiger partial charge in [0.15, 0.2) is 5.82 Å². The molecule has 156 valence electrons. The van der Waals surface area contributed by atoms with Gasteiger partial charge in [-0.1, -0.05) is 11.6 Å². The average molecular weight is 428 g/mol. The molecule has 1 aromatic rings. The summed E-state index contributed by atoms with van der Waals surface area (Å²) in [5.41, 5.74) is 11.0. The molecule has 0 bridgehead atoms. The van der Waals surface area contributed by atoms with Crippen LogP contribution in [-0.2, 0) is 18.3 Å². The Bertz CT molecular complexity index is 653. The number of phosphoric acid groups is 1. The van der Waals surface area contributed by atoms with E-state index in [0.717, 1.165) is 0 Å². The Morgan fingerprint density at radius 2 is 2.00 bits per heavy atom. The number of anilines is 3. The minimum atomic E-state index is -4.17. The van der Waals surface area contributed by atoms with E-state index in [1.807, 2.05) is 0 Å². The fraction of sp³-hybridized carbons (Fsp3) is 0.714. The van der Waals surface area contributed by atoms with Gasteiger partial charge in [0.25, 0.3) is 0 Å². The van der Waals surface area contributed by atoms with E-state index in [1.165, 1.54) is 7.11 Å². The molecule has 0 fully saturated rings. The number of ether oxygens (including phenoxy) is 2. The maximum Gasteiger partial charge on any atom is 0.472 e. The summed E-state index contributed by atoms with van der Waals surface area (Å²) in [4.78, 5) is 17.5. The minimum Gasteiger partial charge on any atom is -0.476 e. The van der Waals surface area contributed by atoms with Crippen LogP contribution < -0.4 is 21.5 Å². The molecule has 3 unspecified atom stereocenters. The van der Waals surface area contributed by atoms with Crippen molar-refractivity contribution in [2.45, 2.75) is 44.9 Å². The summed E-state index contributed by atoms with van der Waals surface area (Å²) in [5, 5.41) is 2.87. The summed E-state index contributed by atoms with van der Waals surface area (Å²) in [6.07, 6.45) is -0.856. The number of nitrogen functional groups attached to an aromatic ring is 2. The third-order valence-electron chi connectivity index (χ3n) is 3.07. The summed E-state index contributed by atoms with van der Waals surface area (Å²) in [5.74, 6) is 0.324. The molecule has 6 N–H and O–H groups in total. The van der Waals surface area contributed by atoms with Crippen molar-refractivity contribution in [2.24, 2.45) is 0 Å². The Hall–Kier alpha value is -1.36. The number of alkyl halides is 1. The number of hydrogen-bond donors (Lipinski definition) is 4. The topological polar surface area (TPSA) is 164 Å². The number of halogens is 1. The Labute approximate surface area is 163 Å². The summed E-state index contributed by atoms with van der Waals surface area (Å²) in [6, 6.07) is 0. The molecule has 0 saturated carbocycles. The highest BCUT2D eigenvalue weighted by Gasteiger charge is 2.26. The van der Waals surface area contributed by atoms with Gasteiger partial charge in [0, 0.05) is 13.5 Å². The fourth-order valence-corrected chi connectivity index (χ4v) is 3.22. The lowest BCUT2D eigenvalue weighted by Gasteiger charge is -2.22. The normalized spacial score (nSPS) is 16.0. The zero-order chi connectivity index (χ0) is 20.6. The molecule has 0 aliphatic heterocycles. The van der Waals surface area contributed by atoms with Crippen molar-refractivity contribution in [3.05, 3.63) is 0 Å². The molecule has 0 saturated heterocycles.